The SMILES string of the molecule is Cc1cccc(CSc2nc3cc(C(=O)NC(C)C)ccc3c(=O)n2CC(C)C)c1. The van der Waals surface area contributed by atoms with Crippen molar-refractivity contribution in [1.29, 1.82) is 0 Å². The third-order valence-corrected chi connectivity index (χ3v) is 5.65. The molecule has 1 aromatic heterocycles. The van der Waals surface area contributed by atoms with Gasteiger partial charge >= 0.3 is 0 Å². The number of nitrogens with one attached hydrogen (secondary N) is 1. The fourth-order valence-electron chi connectivity index (χ4n) is 3.27. The summed E-state index contributed by atoms with van der Waals surface area (Å²) in [6, 6.07) is 13.5. The van der Waals surface area contributed by atoms with Crippen LogP contribution in [0.1, 0.15) is 49.2 Å². The van der Waals surface area contributed by atoms with Gasteiger partial charge in [-0.3, -0.25) is 14.2 Å². The second kappa shape index (κ2) is 9.47. The van der Waals surface area contributed by atoms with Crippen LogP contribution in [0.5, 0.6) is 0 Å². The zero-order chi connectivity index (χ0) is 21.8. The molecule has 0 aliphatic rings. The zero-order valence-corrected chi connectivity index (χ0v) is 19.0. The summed E-state index contributed by atoms with van der Waals surface area (Å²) in [5, 5.41) is 4.11. The van der Waals surface area contributed by atoms with Crippen LogP contribution in [0.3, 0.4) is 0 Å². The number of rotatable bonds is 7. The van der Waals surface area contributed by atoms with Gasteiger partial charge in [-0.15, -0.1) is 0 Å². The number of aromatic nitrogens is 2. The van der Waals surface area contributed by atoms with Gasteiger partial charge in [0.05, 0.1) is 10.9 Å². The minimum absolute atomic E-state index is 0.0423. The van der Waals surface area contributed by atoms with Gasteiger partial charge in [0, 0.05) is 23.9 Å². The van der Waals surface area contributed by atoms with Crippen molar-refractivity contribution in [3.63, 3.8) is 0 Å². The molecule has 1 N–H and O–H groups in total. The summed E-state index contributed by atoms with van der Waals surface area (Å²) in [6.07, 6.45) is 0. The second-order valence-electron chi connectivity index (χ2n) is 8.34. The van der Waals surface area contributed by atoms with Gasteiger partial charge in [0.1, 0.15) is 0 Å². The normalized spacial score (nSPS) is 11.4. The molecule has 0 radical (unpaired) electrons. The first-order valence-electron chi connectivity index (χ1n) is 10.3. The third kappa shape index (κ3) is 5.30. The molecule has 1 heterocycles. The van der Waals surface area contributed by atoms with Crippen molar-refractivity contribution < 1.29 is 4.79 Å². The second-order valence-corrected chi connectivity index (χ2v) is 9.28. The number of fused-ring (bicyclic) bond motifs is 1. The molecule has 3 aromatic rings. The summed E-state index contributed by atoms with van der Waals surface area (Å²) in [5.41, 5.74) is 3.41. The number of carbonyl (C=O) groups is 1. The van der Waals surface area contributed by atoms with E-state index in [9.17, 15) is 9.59 Å². The number of hydrogen-bond donors (Lipinski definition) is 1. The van der Waals surface area contributed by atoms with E-state index in [0.717, 1.165) is 5.75 Å². The van der Waals surface area contributed by atoms with Crippen molar-refractivity contribution in [3.8, 4) is 0 Å². The minimum atomic E-state index is -0.158. The van der Waals surface area contributed by atoms with Gasteiger partial charge in [-0.05, 0) is 50.5 Å². The first kappa shape index (κ1) is 22.1. The Hall–Kier alpha value is -2.60. The predicted molar refractivity (Wildman–Crippen MR) is 124 cm³/mol. The van der Waals surface area contributed by atoms with E-state index in [2.05, 4.69) is 44.3 Å². The van der Waals surface area contributed by atoms with E-state index in [1.54, 1.807) is 34.5 Å². The molecule has 0 unspecified atom stereocenters. The molecule has 0 aliphatic carbocycles. The molecule has 0 spiro atoms. The number of benzene rings is 2. The Labute approximate surface area is 181 Å². The van der Waals surface area contributed by atoms with Crippen LogP contribution in [-0.2, 0) is 12.3 Å². The molecule has 0 aliphatic heterocycles. The van der Waals surface area contributed by atoms with Crippen molar-refractivity contribution in [1.82, 2.24) is 14.9 Å². The van der Waals surface area contributed by atoms with E-state index in [1.165, 1.54) is 11.1 Å². The first-order chi connectivity index (χ1) is 14.2. The molecule has 2 aromatic carbocycles. The number of nitrogens with zero attached hydrogens (tertiary/aromatic N) is 2. The lowest BCUT2D eigenvalue weighted by Crippen LogP contribution is -2.30. The van der Waals surface area contributed by atoms with Crippen molar-refractivity contribution in [2.75, 3.05) is 0 Å². The molecule has 158 valence electrons. The molecule has 0 fully saturated rings. The van der Waals surface area contributed by atoms with Crippen molar-refractivity contribution in [2.45, 2.75) is 58.1 Å². The van der Waals surface area contributed by atoms with E-state index >= 15 is 0 Å². The standard InChI is InChI=1S/C24H29N3O2S/c1-15(2)13-27-23(29)20-10-9-19(22(28)25-16(3)4)12-21(20)26-24(27)30-14-18-8-6-7-17(5)11-18/h6-12,15-16H,13-14H2,1-5H3,(H,25,28). The summed E-state index contributed by atoms with van der Waals surface area (Å²) >= 11 is 1.56. The quantitative estimate of drug-likeness (QED) is 0.438. The number of amides is 1. The van der Waals surface area contributed by atoms with Crippen molar-refractivity contribution in [2.24, 2.45) is 5.92 Å². The summed E-state index contributed by atoms with van der Waals surface area (Å²) < 4.78 is 1.77. The van der Waals surface area contributed by atoms with Gasteiger partial charge in [0.2, 0.25) is 0 Å². The van der Waals surface area contributed by atoms with Crippen LogP contribution in [0.4, 0.5) is 0 Å². The fourth-order valence-corrected chi connectivity index (χ4v) is 4.23. The molecular formula is C24H29N3O2S. The molecule has 6 heteroatoms. The molecule has 0 saturated heterocycles. The van der Waals surface area contributed by atoms with Crippen molar-refractivity contribution >= 4 is 28.6 Å². The molecule has 0 saturated carbocycles. The lowest BCUT2D eigenvalue weighted by Gasteiger charge is -2.15. The summed E-state index contributed by atoms with van der Waals surface area (Å²) in [4.78, 5) is 30.4. The first-order valence-corrected chi connectivity index (χ1v) is 11.3. The zero-order valence-electron chi connectivity index (χ0n) is 18.2. The molecule has 0 bridgehead atoms. The predicted octanol–water partition coefficient (Wildman–Crippen LogP) is 4.79. The van der Waals surface area contributed by atoms with E-state index < -0.39 is 0 Å². The van der Waals surface area contributed by atoms with Crippen LogP contribution in [0, 0.1) is 12.8 Å². The minimum Gasteiger partial charge on any atom is -0.350 e. The highest BCUT2D eigenvalue weighted by molar-refractivity contribution is 7.98. The number of thioether (sulfide) groups is 1. The van der Waals surface area contributed by atoms with Crippen LogP contribution >= 0.6 is 11.8 Å². The Balaban J connectivity index is 2.02. The Morgan fingerprint density at radius 2 is 1.90 bits per heavy atom. The van der Waals surface area contributed by atoms with Gasteiger partial charge in [0.25, 0.3) is 11.5 Å². The highest BCUT2D eigenvalue weighted by Gasteiger charge is 2.15. The average Bonchev–Trinajstić information content (AvgIpc) is 2.67. The smallest absolute Gasteiger partial charge is 0.262 e. The molecule has 3 rings (SSSR count). The van der Waals surface area contributed by atoms with E-state index in [4.69, 9.17) is 4.98 Å². The molecule has 0 atom stereocenters. The Morgan fingerprint density at radius 1 is 1.13 bits per heavy atom. The lowest BCUT2D eigenvalue weighted by molar-refractivity contribution is 0.0943. The lowest BCUT2D eigenvalue weighted by atomic mass is 10.1. The number of carbonyl (C=O) groups excluding carboxylic acids is 1. The van der Waals surface area contributed by atoms with Gasteiger partial charge in [-0.1, -0.05) is 55.4 Å². The number of hydrogen-bond acceptors (Lipinski definition) is 4. The monoisotopic (exact) mass is 423 g/mol. The highest BCUT2D eigenvalue weighted by atomic mass is 32.2. The topological polar surface area (TPSA) is 64.0 Å². The van der Waals surface area contributed by atoms with E-state index in [-0.39, 0.29) is 17.5 Å². The Kier molecular flexibility index (Phi) is 6.98. The number of aryl methyl sites for hydroxylation is 1. The summed E-state index contributed by atoms with van der Waals surface area (Å²) in [6.45, 7) is 10.7. The van der Waals surface area contributed by atoms with E-state index in [0.29, 0.717) is 34.1 Å². The molecule has 1 amide bonds. The maximum absolute atomic E-state index is 13.2. The Morgan fingerprint density at radius 3 is 2.57 bits per heavy atom. The van der Waals surface area contributed by atoms with Crippen molar-refractivity contribution in [3.05, 3.63) is 69.5 Å². The van der Waals surface area contributed by atoms with Crippen LogP contribution in [0.25, 0.3) is 10.9 Å². The van der Waals surface area contributed by atoms with Crippen LogP contribution in [0.15, 0.2) is 52.4 Å². The van der Waals surface area contributed by atoms with E-state index in [1.807, 2.05) is 19.9 Å². The Bertz CT molecular complexity index is 1120. The highest BCUT2D eigenvalue weighted by Crippen LogP contribution is 2.24. The average molecular weight is 424 g/mol. The fraction of sp³-hybridized carbons (Fsp3) is 0.375. The van der Waals surface area contributed by atoms with Crippen LogP contribution in [-0.4, -0.2) is 21.5 Å². The van der Waals surface area contributed by atoms with Crippen LogP contribution in [0.2, 0.25) is 0 Å². The molecule has 30 heavy (non-hydrogen) atoms. The third-order valence-electron chi connectivity index (χ3n) is 4.60. The summed E-state index contributed by atoms with van der Waals surface area (Å²) in [7, 11) is 0. The maximum atomic E-state index is 13.2. The van der Waals surface area contributed by atoms with Gasteiger partial charge in [-0.25, -0.2) is 4.98 Å². The van der Waals surface area contributed by atoms with Crippen LogP contribution < -0.4 is 10.9 Å². The van der Waals surface area contributed by atoms with Gasteiger partial charge in [-0.2, -0.15) is 0 Å². The molecule has 5 nitrogen and oxygen atoms in total. The van der Waals surface area contributed by atoms with Gasteiger partial charge < -0.3 is 5.32 Å². The molecular weight excluding hydrogens is 394 g/mol. The summed E-state index contributed by atoms with van der Waals surface area (Å²) in [5.74, 6) is 0.885. The van der Waals surface area contributed by atoms with Gasteiger partial charge in [0.15, 0.2) is 5.16 Å². The maximum Gasteiger partial charge on any atom is 0.262 e. The largest absolute Gasteiger partial charge is 0.350 e.